The normalized spacial score (nSPS) is 19.8. The minimum atomic E-state index is -0.163. The van der Waals surface area contributed by atoms with Crippen LogP contribution in [0.5, 0.6) is 5.75 Å². The summed E-state index contributed by atoms with van der Waals surface area (Å²) >= 11 is 0. The van der Waals surface area contributed by atoms with Crippen LogP contribution in [0.4, 0.5) is 5.69 Å². The van der Waals surface area contributed by atoms with Crippen LogP contribution in [0.25, 0.3) is 0 Å². The molecule has 1 amide bonds. The van der Waals surface area contributed by atoms with Crippen LogP contribution in [0.3, 0.4) is 0 Å². The first kappa shape index (κ1) is 12.7. The number of carbonyl (C=O) groups is 1. The summed E-state index contributed by atoms with van der Waals surface area (Å²) in [6, 6.07) is 4.37. The zero-order valence-corrected chi connectivity index (χ0v) is 10.2. The van der Waals surface area contributed by atoms with Crippen molar-refractivity contribution >= 4 is 11.6 Å². The van der Waals surface area contributed by atoms with Crippen molar-refractivity contribution in [3.05, 3.63) is 23.8 Å². The Bertz CT molecular complexity index is 448. The molecule has 0 aliphatic carbocycles. The Hall–Kier alpha value is -1.75. The summed E-state index contributed by atoms with van der Waals surface area (Å²) < 4.78 is 0. The number of carbonyl (C=O) groups excluding carboxylic acids is 1. The van der Waals surface area contributed by atoms with Crippen molar-refractivity contribution in [2.75, 3.05) is 18.9 Å². The first-order valence-electron chi connectivity index (χ1n) is 6.14. The van der Waals surface area contributed by atoms with Gasteiger partial charge < -0.3 is 20.8 Å². The van der Waals surface area contributed by atoms with E-state index in [0.29, 0.717) is 12.1 Å². The van der Waals surface area contributed by atoms with Crippen LogP contribution in [0.1, 0.15) is 29.6 Å². The van der Waals surface area contributed by atoms with E-state index in [4.69, 9.17) is 5.73 Å². The zero-order chi connectivity index (χ0) is 13.1. The van der Waals surface area contributed by atoms with E-state index in [1.165, 1.54) is 12.1 Å². The van der Waals surface area contributed by atoms with E-state index < -0.39 is 0 Å². The molecule has 1 fully saturated rings. The van der Waals surface area contributed by atoms with Gasteiger partial charge in [0.1, 0.15) is 5.75 Å². The number of phenolic OH excluding ortho intramolecular Hbond substituents is 1. The molecule has 98 valence electrons. The summed E-state index contributed by atoms with van der Waals surface area (Å²) in [7, 11) is 0. The third-order valence-electron chi connectivity index (χ3n) is 3.38. The molecular weight excluding hydrogens is 232 g/mol. The van der Waals surface area contributed by atoms with Crippen molar-refractivity contribution in [2.45, 2.75) is 25.3 Å². The molecule has 0 bridgehead atoms. The standard InChI is InChI=1S/C13H18N2O3/c14-11-5-4-9(7-12(11)17)13(18)15-6-2-1-3-10(15)8-16/h4-5,7,10,16-17H,1-3,6,8,14H2. The molecule has 1 heterocycles. The molecule has 2 rings (SSSR count). The van der Waals surface area contributed by atoms with Gasteiger partial charge in [-0.15, -0.1) is 0 Å². The molecule has 0 spiro atoms. The smallest absolute Gasteiger partial charge is 0.254 e. The van der Waals surface area contributed by atoms with Gasteiger partial charge in [-0.1, -0.05) is 0 Å². The Morgan fingerprint density at radius 2 is 2.22 bits per heavy atom. The van der Waals surface area contributed by atoms with Crippen molar-refractivity contribution in [2.24, 2.45) is 0 Å². The molecule has 1 unspecified atom stereocenters. The van der Waals surface area contributed by atoms with E-state index >= 15 is 0 Å². The van der Waals surface area contributed by atoms with Gasteiger partial charge in [0.25, 0.3) is 5.91 Å². The molecule has 5 nitrogen and oxygen atoms in total. The van der Waals surface area contributed by atoms with E-state index in [1.54, 1.807) is 11.0 Å². The van der Waals surface area contributed by atoms with E-state index in [0.717, 1.165) is 19.3 Å². The van der Waals surface area contributed by atoms with Crippen LogP contribution in [0, 0.1) is 0 Å². The Morgan fingerprint density at radius 3 is 2.89 bits per heavy atom. The Balaban J connectivity index is 2.21. The number of aromatic hydroxyl groups is 1. The second kappa shape index (κ2) is 5.27. The van der Waals surface area contributed by atoms with E-state index in [-0.39, 0.29) is 30.0 Å². The predicted octanol–water partition coefficient (Wildman–Crippen LogP) is 0.961. The highest BCUT2D eigenvalue weighted by Gasteiger charge is 2.27. The zero-order valence-electron chi connectivity index (χ0n) is 10.2. The minimum Gasteiger partial charge on any atom is -0.506 e. The quantitative estimate of drug-likeness (QED) is 0.539. The fraction of sp³-hybridized carbons (Fsp3) is 0.462. The molecule has 0 aromatic heterocycles. The lowest BCUT2D eigenvalue weighted by atomic mass is 10.0. The third-order valence-corrected chi connectivity index (χ3v) is 3.38. The van der Waals surface area contributed by atoms with Gasteiger partial charge in [-0.05, 0) is 37.5 Å². The molecule has 0 saturated carbocycles. The van der Waals surface area contributed by atoms with E-state index in [1.807, 2.05) is 0 Å². The highest BCUT2D eigenvalue weighted by molar-refractivity contribution is 5.95. The molecule has 1 aromatic rings. The van der Waals surface area contributed by atoms with Gasteiger partial charge in [0.05, 0.1) is 18.3 Å². The van der Waals surface area contributed by atoms with Crippen molar-refractivity contribution in [3.8, 4) is 5.75 Å². The van der Waals surface area contributed by atoms with Crippen molar-refractivity contribution < 1.29 is 15.0 Å². The number of likely N-dealkylation sites (tertiary alicyclic amines) is 1. The Kier molecular flexibility index (Phi) is 3.72. The van der Waals surface area contributed by atoms with E-state index in [9.17, 15) is 15.0 Å². The summed E-state index contributed by atoms with van der Waals surface area (Å²) in [4.78, 5) is 14.0. The van der Waals surface area contributed by atoms with Crippen LogP contribution in [0.15, 0.2) is 18.2 Å². The summed E-state index contributed by atoms with van der Waals surface area (Å²) in [5.74, 6) is -0.248. The second-order valence-corrected chi connectivity index (χ2v) is 4.60. The highest BCUT2D eigenvalue weighted by Crippen LogP contribution is 2.24. The number of hydrogen-bond donors (Lipinski definition) is 3. The number of phenols is 1. The number of amides is 1. The van der Waals surface area contributed by atoms with Gasteiger partial charge in [-0.2, -0.15) is 0 Å². The average molecular weight is 250 g/mol. The monoisotopic (exact) mass is 250 g/mol. The molecule has 1 aliphatic heterocycles. The number of nitrogens with zero attached hydrogens (tertiary/aromatic N) is 1. The SMILES string of the molecule is Nc1ccc(C(=O)N2CCCCC2CO)cc1O. The predicted molar refractivity (Wildman–Crippen MR) is 68.3 cm³/mol. The lowest BCUT2D eigenvalue weighted by Gasteiger charge is -2.34. The fourth-order valence-corrected chi connectivity index (χ4v) is 2.30. The first-order valence-corrected chi connectivity index (χ1v) is 6.14. The number of aliphatic hydroxyl groups excluding tert-OH is 1. The number of anilines is 1. The largest absolute Gasteiger partial charge is 0.506 e. The van der Waals surface area contributed by atoms with Crippen LogP contribution < -0.4 is 5.73 Å². The van der Waals surface area contributed by atoms with Crippen molar-refractivity contribution in [1.82, 2.24) is 4.90 Å². The Morgan fingerprint density at radius 1 is 1.44 bits per heavy atom. The fourth-order valence-electron chi connectivity index (χ4n) is 2.30. The summed E-state index contributed by atoms with van der Waals surface area (Å²) in [6.45, 7) is 0.627. The van der Waals surface area contributed by atoms with E-state index in [2.05, 4.69) is 0 Å². The number of aliphatic hydroxyl groups is 1. The van der Waals surface area contributed by atoms with Crippen LogP contribution in [-0.4, -0.2) is 40.2 Å². The molecule has 18 heavy (non-hydrogen) atoms. The van der Waals surface area contributed by atoms with Gasteiger partial charge >= 0.3 is 0 Å². The van der Waals surface area contributed by atoms with Crippen LogP contribution >= 0.6 is 0 Å². The maximum absolute atomic E-state index is 12.3. The molecule has 5 heteroatoms. The summed E-state index contributed by atoms with van der Waals surface area (Å²) in [5.41, 5.74) is 6.16. The first-order chi connectivity index (χ1) is 8.63. The molecule has 1 atom stereocenters. The van der Waals surface area contributed by atoms with Gasteiger partial charge in [0.2, 0.25) is 0 Å². The lowest BCUT2D eigenvalue weighted by Crippen LogP contribution is -2.45. The maximum atomic E-state index is 12.3. The number of nitrogen functional groups attached to an aromatic ring is 1. The average Bonchev–Trinajstić information content (AvgIpc) is 2.41. The number of benzene rings is 1. The third kappa shape index (κ3) is 2.41. The van der Waals surface area contributed by atoms with Crippen LogP contribution in [-0.2, 0) is 0 Å². The van der Waals surface area contributed by atoms with Crippen molar-refractivity contribution in [3.63, 3.8) is 0 Å². The maximum Gasteiger partial charge on any atom is 0.254 e. The molecule has 1 aromatic carbocycles. The van der Waals surface area contributed by atoms with Gasteiger partial charge in [-0.25, -0.2) is 0 Å². The highest BCUT2D eigenvalue weighted by atomic mass is 16.3. The number of hydrogen-bond acceptors (Lipinski definition) is 4. The number of piperidine rings is 1. The second-order valence-electron chi connectivity index (χ2n) is 4.60. The van der Waals surface area contributed by atoms with Crippen molar-refractivity contribution in [1.29, 1.82) is 0 Å². The topological polar surface area (TPSA) is 86.8 Å². The summed E-state index contributed by atoms with van der Waals surface area (Å²) in [5, 5.41) is 18.8. The Labute approximate surface area is 106 Å². The van der Waals surface area contributed by atoms with Gasteiger partial charge in [-0.3, -0.25) is 4.79 Å². The molecule has 1 aliphatic rings. The van der Waals surface area contributed by atoms with Crippen LogP contribution in [0.2, 0.25) is 0 Å². The number of rotatable bonds is 2. The molecule has 4 N–H and O–H groups in total. The molecule has 0 radical (unpaired) electrons. The van der Waals surface area contributed by atoms with Gasteiger partial charge in [0, 0.05) is 12.1 Å². The van der Waals surface area contributed by atoms with Gasteiger partial charge in [0.15, 0.2) is 0 Å². The lowest BCUT2D eigenvalue weighted by molar-refractivity contribution is 0.0502. The summed E-state index contributed by atoms with van der Waals surface area (Å²) in [6.07, 6.45) is 2.80. The molecule has 1 saturated heterocycles. The molecular formula is C13H18N2O3. The minimum absolute atomic E-state index is 0.0211. The number of nitrogens with two attached hydrogens (primary N) is 1.